The van der Waals surface area contributed by atoms with Crippen LogP contribution < -0.4 is 4.90 Å². The van der Waals surface area contributed by atoms with E-state index in [4.69, 9.17) is 4.74 Å². The first-order valence-electron chi connectivity index (χ1n) is 14.0. The van der Waals surface area contributed by atoms with Crippen LogP contribution in [0.25, 0.3) is 0 Å². The number of fused-ring (bicyclic) bond motifs is 2. The topological polar surface area (TPSA) is 76.9 Å². The van der Waals surface area contributed by atoms with Crippen molar-refractivity contribution in [3.63, 3.8) is 0 Å². The summed E-state index contributed by atoms with van der Waals surface area (Å²) < 4.78 is 20.7. The van der Waals surface area contributed by atoms with Gasteiger partial charge in [-0.15, -0.1) is 0 Å². The predicted molar refractivity (Wildman–Crippen MR) is 145 cm³/mol. The highest BCUT2D eigenvalue weighted by molar-refractivity contribution is 5.89. The number of likely N-dealkylation sites (tertiary alicyclic amines) is 1. The fourth-order valence-electron chi connectivity index (χ4n) is 6.31. The fraction of sp³-hybridized carbons (Fsp3) is 0.700. The standard InChI is InChI=1S/C30H43FN4O3/c1-29(2,3)34-13-11-33(12-14-34)23-9-7-21(25(31)18-23)15-20(19-32)16-26(36)27-22-8-10-24(17-22)35(27)28(37)38-30(4,5)6/h7,9,18,20,22,24,27H,8,10-17H2,1-6H3/t20-,22+,24-,27+/m1/s1. The van der Waals surface area contributed by atoms with Crippen molar-refractivity contribution >= 4 is 17.6 Å². The average molecular weight is 527 g/mol. The summed E-state index contributed by atoms with van der Waals surface area (Å²) in [6.45, 7) is 15.6. The van der Waals surface area contributed by atoms with Gasteiger partial charge in [0, 0.05) is 49.9 Å². The number of ether oxygens (including phenoxy) is 1. The summed E-state index contributed by atoms with van der Waals surface area (Å²) in [4.78, 5) is 32.6. The number of piperidine rings is 1. The van der Waals surface area contributed by atoms with Gasteiger partial charge >= 0.3 is 6.09 Å². The van der Waals surface area contributed by atoms with Crippen LogP contribution in [0.15, 0.2) is 18.2 Å². The third kappa shape index (κ3) is 6.31. The number of carbonyl (C=O) groups excluding carboxylic acids is 2. The van der Waals surface area contributed by atoms with E-state index < -0.39 is 23.7 Å². The molecule has 0 aromatic heterocycles. The number of anilines is 1. The molecule has 1 amide bonds. The van der Waals surface area contributed by atoms with Gasteiger partial charge in [-0.1, -0.05) is 6.07 Å². The van der Waals surface area contributed by atoms with Crippen LogP contribution in [0.5, 0.6) is 0 Å². The summed E-state index contributed by atoms with van der Waals surface area (Å²) in [5.74, 6) is -1.01. The summed E-state index contributed by atoms with van der Waals surface area (Å²) in [7, 11) is 0. The quantitative estimate of drug-likeness (QED) is 0.509. The van der Waals surface area contributed by atoms with Crippen molar-refractivity contribution in [3.8, 4) is 6.07 Å². The van der Waals surface area contributed by atoms with Gasteiger partial charge in [0.05, 0.1) is 18.0 Å². The van der Waals surface area contributed by atoms with E-state index >= 15 is 4.39 Å². The number of hydrogen-bond donors (Lipinski definition) is 0. The number of nitrogens with zero attached hydrogens (tertiary/aromatic N) is 4. The van der Waals surface area contributed by atoms with Crippen LogP contribution in [0.4, 0.5) is 14.9 Å². The summed E-state index contributed by atoms with van der Waals surface area (Å²) >= 11 is 0. The SMILES string of the molecule is CC(C)(C)OC(=O)N1[C@@H]2CC[C@@H](C2)[C@H]1C(=O)C[C@H](C#N)Cc1ccc(N2CCN(C(C)(C)C)CC2)cc1F. The monoisotopic (exact) mass is 526 g/mol. The van der Waals surface area contributed by atoms with Gasteiger partial charge in [0.25, 0.3) is 0 Å². The first-order valence-corrected chi connectivity index (χ1v) is 14.0. The second-order valence-electron chi connectivity index (χ2n) is 13.2. The molecule has 1 saturated carbocycles. The Bertz CT molecular complexity index is 1080. The zero-order chi connectivity index (χ0) is 27.8. The number of carbonyl (C=O) groups is 2. The van der Waals surface area contributed by atoms with Gasteiger partial charge in [-0.3, -0.25) is 14.6 Å². The van der Waals surface area contributed by atoms with Gasteiger partial charge in [0.1, 0.15) is 11.4 Å². The van der Waals surface area contributed by atoms with Crippen LogP contribution in [0.3, 0.4) is 0 Å². The Morgan fingerprint density at radius 3 is 2.37 bits per heavy atom. The molecule has 4 atom stereocenters. The molecular formula is C30H43FN4O3. The van der Waals surface area contributed by atoms with Gasteiger partial charge < -0.3 is 9.64 Å². The lowest BCUT2D eigenvalue weighted by molar-refractivity contribution is -0.126. The molecule has 2 heterocycles. The predicted octanol–water partition coefficient (Wildman–Crippen LogP) is 5.18. The van der Waals surface area contributed by atoms with Crippen LogP contribution in [-0.2, 0) is 16.0 Å². The van der Waals surface area contributed by atoms with Crippen molar-refractivity contribution in [2.75, 3.05) is 31.1 Å². The van der Waals surface area contributed by atoms with Gasteiger partial charge in [-0.2, -0.15) is 5.26 Å². The summed E-state index contributed by atoms with van der Waals surface area (Å²) in [6.07, 6.45) is 2.28. The lowest BCUT2D eigenvalue weighted by Crippen LogP contribution is -2.53. The normalized spacial score (nSPS) is 24.8. The molecule has 38 heavy (non-hydrogen) atoms. The van der Waals surface area contributed by atoms with E-state index in [2.05, 4.69) is 36.6 Å². The number of benzene rings is 1. The largest absolute Gasteiger partial charge is 0.444 e. The zero-order valence-corrected chi connectivity index (χ0v) is 23.8. The highest BCUT2D eigenvalue weighted by Gasteiger charge is 2.52. The second-order valence-corrected chi connectivity index (χ2v) is 13.2. The Hall–Kier alpha value is -2.66. The van der Waals surface area contributed by atoms with Gasteiger partial charge in [-0.25, -0.2) is 9.18 Å². The molecule has 208 valence electrons. The molecule has 3 fully saturated rings. The maximum atomic E-state index is 15.2. The molecule has 0 radical (unpaired) electrons. The van der Waals surface area contributed by atoms with E-state index in [1.54, 1.807) is 17.0 Å². The maximum absolute atomic E-state index is 15.2. The highest BCUT2D eigenvalue weighted by Crippen LogP contribution is 2.44. The first kappa shape index (κ1) is 28.4. The Morgan fingerprint density at radius 1 is 1.11 bits per heavy atom. The Morgan fingerprint density at radius 2 is 1.79 bits per heavy atom. The van der Waals surface area contributed by atoms with Gasteiger partial charge in [0.2, 0.25) is 0 Å². The molecule has 0 N–H and O–H groups in total. The zero-order valence-electron chi connectivity index (χ0n) is 23.8. The molecule has 2 aliphatic heterocycles. The number of amides is 1. The van der Waals surface area contributed by atoms with E-state index in [1.807, 2.05) is 26.8 Å². The third-order valence-corrected chi connectivity index (χ3v) is 8.25. The summed E-state index contributed by atoms with van der Waals surface area (Å²) in [6, 6.07) is 6.90. The average Bonchev–Trinajstić information content (AvgIpc) is 3.45. The van der Waals surface area contributed by atoms with Crippen molar-refractivity contribution in [2.24, 2.45) is 11.8 Å². The van der Waals surface area contributed by atoms with Crippen molar-refractivity contribution in [3.05, 3.63) is 29.6 Å². The second kappa shape index (κ2) is 10.8. The maximum Gasteiger partial charge on any atom is 0.411 e. The Labute approximate surface area is 226 Å². The van der Waals surface area contributed by atoms with Crippen molar-refractivity contribution < 1.29 is 18.7 Å². The highest BCUT2D eigenvalue weighted by atomic mass is 19.1. The van der Waals surface area contributed by atoms with Crippen molar-refractivity contribution in [2.45, 2.75) is 96.9 Å². The minimum Gasteiger partial charge on any atom is -0.444 e. The Kier molecular flexibility index (Phi) is 8.09. The number of ketones is 1. The van der Waals surface area contributed by atoms with E-state index in [1.165, 1.54) is 0 Å². The first-order chi connectivity index (χ1) is 17.8. The van der Waals surface area contributed by atoms with Crippen LogP contribution in [0.2, 0.25) is 0 Å². The molecular weight excluding hydrogens is 483 g/mol. The number of halogens is 1. The molecule has 8 heteroatoms. The molecule has 0 spiro atoms. The lowest BCUT2D eigenvalue weighted by atomic mass is 9.88. The minimum atomic E-state index is -0.655. The molecule has 1 aromatic rings. The number of nitriles is 1. The van der Waals surface area contributed by atoms with Crippen molar-refractivity contribution in [1.82, 2.24) is 9.80 Å². The van der Waals surface area contributed by atoms with Crippen LogP contribution in [0, 0.1) is 29.0 Å². The number of rotatable bonds is 6. The molecule has 0 unspecified atom stereocenters. The van der Waals surface area contributed by atoms with Gasteiger partial charge in [0.15, 0.2) is 5.78 Å². The molecule has 7 nitrogen and oxygen atoms in total. The molecule has 1 aromatic carbocycles. The molecule has 1 aliphatic carbocycles. The molecule has 2 saturated heterocycles. The van der Waals surface area contributed by atoms with Gasteiger partial charge in [-0.05, 0) is 90.8 Å². The fourth-order valence-corrected chi connectivity index (χ4v) is 6.31. The van der Waals surface area contributed by atoms with E-state index in [0.717, 1.165) is 51.1 Å². The van der Waals surface area contributed by atoms with E-state index in [0.29, 0.717) is 5.56 Å². The summed E-state index contributed by atoms with van der Waals surface area (Å²) in [5.41, 5.74) is 0.760. The molecule has 2 bridgehead atoms. The number of Topliss-reactive ketones (excluding diaryl/α,β-unsaturated/α-hetero) is 1. The number of hydrogen-bond acceptors (Lipinski definition) is 6. The summed E-state index contributed by atoms with van der Waals surface area (Å²) in [5, 5.41) is 9.84. The third-order valence-electron chi connectivity index (χ3n) is 8.25. The van der Waals surface area contributed by atoms with E-state index in [9.17, 15) is 14.9 Å². The number of piperazine rings is 1. The molecule has 3 aliphatic rings. The van der Waals surface area contributed by atoms with Crippen LogP contribution >= 0.6 is 0 Å². The lowest BCUT2D eigenvalue weighted by Gasteiger charge is -2.43. The smallest absolute Gasteiger partial charge is 0.411 e. The molecule has 4 rings (SSSR count). The minimum absolute atomic E-state index is 0.000358. The Balaban J connectivity index is 1.39. The van der Waals surface area contributed by atoms with Crippen LogP contribution in [-0.4, -0.2) is 71.1 Å². The van der Waals surface area contributed by atoms with Crippen molar-refractivity contribution in [1.29, 1.82) is 5.26 Å². The van der Waals surface area contributed by atoms with E-state index in [-0.39, 0.29) is 41.9 Å². The van der Waals surface area contributed by atoms with Crippen LogP contribution in [0.1, 0.15) is 72.8 Å².